The van der Waals surface area contributed by atoms with Gasteiger partial charge in [0.15, 0.2) is 0 Å². The number of rotatable bonds is 4. The molecule has 0 bridgehead atoms. The highest BCUT2D eigenvalue weighted by Gasteiger charge is 2.18. The third-order valence-electron chi connectivity index (χ3n) is 4.87. The Hall–Kier alpha value is -3.19. The molecule has 28 heavy (non-hydrogen) atoms. The monoisotopic (exact) mass is 389 g/mol. The van der Waals surface area contributed by atoms with E-state index in [4.69, 9.17) is 9.72 Å². The molecular formula is C21H19N5OS. The van der Waals surface area contributed by atoms with Gasteiger partial charge in [0.25, 0.3) is 0 Å². The number of aromatic nitrogens is 4. The zero-order valence-corrected chi connectivity index (χ0v) is 16.2. The molecule has 0 radical (unpaired) electrons. The predicted octanol–water partition coefficient (Wildman–Crippen LogP) is 4.45. The topological polar surface area (TPSA) is 59.0 Å². The van der Waals surface area contributed by atoms with Crippen molar-refractivity contribution in [2.75, 3.05) is 24.3 Å². The summed E-state index contributed by atoms with van der Waals surface area (Å²) in [5, 5.41) is 8.23. The van der Waals surface area contributed by atoms with Crippen molar-refractivity contribution in [3.05, 3.63) is 67.3 Å². The summed E-state index contributed by atoms with van der Waals surface area (Å²) in [5.41, 5.74) is 3.28. The van der Waals surface area contributed by atoms with Crippen LogP contribution in [-0.4, -0.2) is 39.2 Å². The minimum Gasteiger partial charge on any atom is -0.498 e. The molecule has 1 aliphatic rings. The molecule has 7 heteroatoms. The molecule has 0 amide bonds. The molecule has 4 aromatic rings. The maximum Gasteiger partial charge on any atom is 0.148 e. The summed E-state index contributed by atoms with van der Waals surface area (Å²) in [4.78, 5) is 8.35. The minimum absolute atomic E-state index is 0.647. The van der Waals surface area contributed by atoms with Crippen LogP contribution >= 0.6 is 11.8 Å². The molecule has 0 fully saturated rings. The fourth-order valence-electron chi connectivity index (χ4n) is 3.51. The van der Waals surface area contributed by atoms with E-state index in [1.165, 1.54) is 16.0 Å². The number of hydrogen-bond donors (Lipinski definition) is 1. The Labute approximate surface area is 166 Å². The van der Waals surface area contributed by atoms with Crippen LogP contribution in [0.15, 0.2) is 72.2 Å². The van der Waals surface area contributed by atoms with Crippen LogP contribution in [0.5, 0.6) is 0 Å². The molecule has 0 aliphatic carbocycles. The van der Waals surface area contributed by atoms with Crippen LogP contribution in [0, 0.1) is 0 Å². The number of benzene rings is 1. The van der Waals surface area contributed by atoms with Crippen molar-refractivity contribution < 1.29 is 4.74 Å². The normalized spacial score (nSPS) is 13.8. The zero-order chi connectivity index (χ0) is 18.9. The molecule has 6 nitrogen and oxygen atoms in total. The summed E-state index contributed by atoms with van der Waals surface area (Å²) in [6.07, 6.45) is 9.55. The van der Waals surface area contributed by atoms with Crippen molar-refractivity contribution in [1.29, 1.82) is 0 Å². The van der Waals surface area contributed by atoms with E-state index in [1.807, 2.05) is 23.0 Å². The maximum absolute atomic E-state index is 5.36. The van der Waals surface area contributed by atoms with E-state index >= 15 is 0 Å². The second-order valence-corrected chi connectivity index (χ2v) is 7.29. The summed E-state index contributed by atoms with van der Waals surface area (Å²) in [6, 6.07) is 14.7. The highest BCUT2D eigenvalue weighted by molar-refractivity contribution is 7.98. The first-order valence-corrected chi connectivity index (χ1v) is 10.3. The molecule has 4 heterocycles. The van der Waals surface area contributed by atoms with Crippen LogP contribution < -0.4 is 4.90 Å². The molecule has 3 aromatic heterocycles. The van der Waals surface area contributed by atoms with Gasteiger partial charge in [-0.05, 0) is 35.6 Å². The van der Waals surface area contributed by atoms with E-state index in [-0.39, 0.29) is 0 Å². The van der Waals surface area contributed by atoms with Gasteiger partial charge in [-0.2, -0.15) is 5.10 Å². The van der Waals surface area contributed by atoms with E-state index in [1.54, 1.807) is 24.2 Å². The van der Waals surface area contributed by atoms with E-state index < -0.39 is 0 Å². The Morgan fingerprint density at radius 2 is 2.07 bits per heavy atom. The zero-order valence-electron chi connectivity index (χ0n) is 15.4. The van der Waals surface area contributed by atoms with Gasteiger partial charge in [-0.3, -0.25) is 9.67 Å². The van der Waals surface area contributed by atoms with Crippen LogP contribution in [0.1, 0.15) is 0 Å². The number of thioether (sulfide) groups is 1. The SMILES string of the molecule is CSc1ccccc1-c1cc(N2C=COCC2)nc2c1ccn2-c1ccn[nH]1. The van der Waals surface area contributed by atoms with E-state index in [9.17, 15) is 0 Å². The number of pyridine rings is 1. The van der Waals surface area contributed by atoms with E-state index in [2.05, 4.69) is 57.8 Å². The average molecular weight is 389 g/mol. The Morgan fingerprint density at radius 1 is 1.14 bits per heavy atom. The largest absolute Gasteiger partial charge is 0.498 e. The summed E-state index contributed by atoms with van der Waals surface area (Å²) < 4.78 is 7.40. The molecular weight excluding hydrogens is 370 g/mol. The molecule has 5 rings (SSSR count). The van der Waals surface area contributed by atoms with Gasteiger partial charge in [0, 0.05) is 28.7 Å². The minimum atomic E-state index is 0.647. The van der Waals surface area contributed by atoms with Crippen LogP contribution in [0.25, 0.3) is 28.0 Å². The van der Waals surface area contributed by atoms with Gasteiger partial charge in [0.05, 0.1) is 19.0 Å². The van der Waals surface area contributed by atoms with E-state index in [0.29, 0.717) is 6.61 Å². The molecule has 0 saturated heterocycles. The number of nitrogens with zero attached hydrogens (tertiary/aromatic N) is 4. The first kappa shape index (κ1) is 16.9. The smallest absolute Gasteiger partial charge is 0.148 e. The molecule has 0 spiro atoms. The quantitative estimate of drug-likeness (QED) is 0.523. The Kier molecular flexibility index (Phi) is 4.29. The number of nitrogens with one attached hydrogen (secondary N) is 1. The molecule has 1 aromatic carbocycles. The molecule has 0 saturated carbocycles. The first-order chi connectivity index (χ1) is 13.8. The summed E-state index contributed by atoms with van der Waals surface area (Å²) in [6.45, 7) is 1.41. The van der Waals surface area contributed by atoms with Gasteiger partial charge in [0.2, 0.25) is 0 Å². The molecule has 0 atom stereocenters. The molecule has 140 valence electrons. The number of fused-ring (bicyclic) bond motifs is 1. The third kappa shape index (κ3) is 2.84. The highest BCUT2D eigenvalue weighted by Crippen LogP contribution is 2.37. The van der Waals surface area contributed by atoms with Gasteiger partial charge in [0.1, 0.15) is 23.9 Å². The standard InChI is InChI=1S/C21H19N5OS/c1-28-18-5-3-2-4-15(18)17-14-20(25-10-12-27-13-11-25)23-21-16(17)7-9-26(21)19-6-8-22-24-19/h2-10,12,14H,11,13H2,1H3,(H,22,24). The Balaban J connectivity index is 1.78. The molecule has 0 unspecified atom stereocenters. The second kappa shape index (κ2) is 7.09. The Bertz CT molecular complexity index is 1150. The lowest BCUT2D eigenvalue weighted by molar-refractivity contribution is 0.245. The number of hydrogen-bond acceptors (Lipinski definition) is 5. The van der Waals surface area contributed by atoms with Crippen LogP contribution in [-0.2, 0) is 4.74 Å². The van der Waals surface area contributed by atoms with Crippen molar-refractivity contribution in [1.82, 2.24) is 19.7 Å². The molecule has 1 N–H and O–H groups in total. The predicted molar refractivity (Wildman–Crippen MR) is 113 cm³/mol. The third-order valence-corrected chi connectivity index (χ3v) is 5.66. The number of H-pyrrole nitrogens is 1. The maximum atomic E-state index is 5.36. The van der Waals surface area contributed by atoms with Crippen LogP contribution in [0.3, 0.4) is 0 Å². The van der Waals surface area contributed by atoms with Gasteiger partial charge in [-0.1, -0.05) is 18.2 Å². The fourth-order valence-corrected chi connectivity index (χ4v) is 4.12. The number of anilines is 1. The summed E-state index contributed by atoms with van der Waals surface area (Å²) in [7, 11) is 0. The van der Waals surface area contributed by atoms with Crippen LogP contribution in [0.2, 0.25) is 0 Å². The fraction of sp³-hybridized carbons (Fsp3) is 0.143. The van der Waals surface area contributed by atoms with Crippen molar-refractivity contribution in [3.8, 4) is 16.9 Å². The van der Waals surface area contributed by atoms with Crippen molar-refractivity contribution in [2.24, 2.45) is 0 Å². The lowest BCUT2D eigenvalue weighted by Gasteiger charge is -2.23. The van der Waals surface area contributed by atoms with Crippen molar-refractivity contribution in [2.45, 2.75) is 4.90 Å². The van der Waals surface area contributed by atoms with Gasteiger partial charge < -0.3 is 9.64 Å². The van der Waals surface area contributed by atoms with Crippen molar-refractivity contribution >= 4 is 28.6 Å². The van der Waals surface area contributed by atoms with Gasteiger partial charge >= 0.3 is 0 Å². The van der Waals surface area contributed by atoms with E-state index in [0.717, 1.165) is 29.2 Å². The van der Waals surface area contributed by atoms with Crippen LogP contribution in [0.4, 0.5) is 5.82 Å². The van der Waals surface area contributed by atoms with Gasteiger partial charge in [-0.15, -0.1) is 11.8 Å². The molecule has 1 aliphatic heterocycles. The Morgan fingerprint density at radius 3 is 2.86 bits per heavy atom. The van der Waals surface area contributed by atoms with Crippen molar-refractivity contribution in [3.63, 3.8) is 0 Å². The summed E-state index contributed by atoms with van der Waals surface area (Å²) >= 11 is 1.75. The lowest BCUT2D eigenvalue weighted by Crippen LogP contribution is -2.25. The number of aromatic amines is 1. The lowest BCUT2D eigenvalue weighted by atomic mass is 10.0. The second-order valence-electron chi connectivity index (χ2n) is 6.44. The van der Waals surface area contributed by atoms with Gasteiger partial charge in [-0.25, -0.2) is 4.98 Å². The summed E-state index contributed by atoms with van der Waals surface area (Å²) in [5.74, 6) is 1.79. The average Bonchev–Trinajstić information content (AvgIpc) is 3.43. The first-order valence-electron chi connectivity index (χ1n) is 9.05. The number of ether oxygens (including phenoxy) is 1. The highest BCUT2D eigenvalue weighted by atomic mass is 32.2.